The number of halogens is 2. The summed E-state index contributed by atoms with van der Waals surface area (Å²) in [4.78, 5) is 2.14. The van der Waals surface area contributed by atoms with Gasteiger partial charge in [0.2, 0.25) is 0 Å². The highest BCUT2D eigenvalue weighted by Crippen LogP contribution is 2.34. The lowest BCUT2D eigenvalue weighted by atomic mass is 9.85. The van der Waals surface area contributed by atoms with Crippen molar-refractivity contribution >= 4 is 0 Å². The van der Waals surface area contributed by atoms with E-state index < -0.39 is 11.6 Å². The molecule has 2 N–H and O–H groups in total. The summed E-state index contributed by atoms with van der Waals surface area (Å²) in [7, 11) is 0. The van der Waals surface area contributed by atoms with Crippen molar-refractivity contribution in [3.63, 3.8) is 0 Å². The van der Waals surface area contributed by atoms with E-state index in [-0.39, 0.29) is 18.2 Å². The molecule has 1 aliphatic rings. The molecule has 20 heavy (non-hydrogen) atoms. The SMILES string of the molecule is CC1(C)CCCN(C(CN)c2c(F)cccc2F)CC1. The first kappa shape index (κ1) is 15.4. The van der Waals surface area contributed by atoms with E-state index in [0.717, 1.165) is 32.4 Å². The summed E-state index contributed by atoms with van der Waals surface area (Å²) >= 11 is 0. The van der Waals surface area contributed by atoms with Gasteiger partial charge in [0.25, 0.3) is 0 Å². The second-order valence-corrected chi connectivity index (χ2v) is 6.44. The maximum atomic E-state index is 14.0. The molecule has 112 valence electrons. The molecule has 4 heteroatoms. The van der Waals surface area contributed by atoms with Gasteiger partial charge in [-0.1, -0.05) is 19.9 Å². The normalized spacial score (nSPS) is 21.4. The van der Waals surface area contributed by atoms with E-state index in [1.54, 1.807) is 0 Å². The Kier molecular flexibility index (Phi) is 4.76. The van der Waals surface area contributed by atoms with Crippen molar-refractivity contribution in [2.75, 3.05) is 19.6 Å². The molecule has 0 aromatic heterocycles. The van der Waals surface area contributed by atoms with Crippen molar-refractivity contribution in [1.82, 2.24) is 4.90 Å². The van der Waals surface area contributed by atoms with E-state index in [1.807, 2.05) is 0 Å². The lowest BCUT2D eigenvalue weighted by molar-refractivity contribution is 0.192. The fraction of sp³-hybridized carbons (Fsp3) is 0.625. The van der Waals surface area contributed by atoms with Crippen LogP contribution in [0.25, 0.3) is 0 Å². The van der Waals surface area contributed by atoms with Crippen LogP contribution in [-0.4, -0.2) is 24.5 Å². The molecule has 1 atom stereocenters. The molecule has 1 saturated heterocycles. The van der Waals surface area contributed by atoms with Crippen LogP contribution in [0.2, 0.25) is 0 Å². The highest BCUT2D eigenvalue weighted by molar-refractivity contribution is 5.24. The number of hydrogen-bond donors (Lipinski definition) is 1. The van der Waals surface area contributed by atoms with Gasteiger partial charge in [0.1, 0.15) is 11.6 Å². The Morgan fingerprint density at radius 3 is 2.45 bits per heavy atom. The third-order valence-corrected chi connectivity index (χ3v) is 4.37. The van der Waals surface area contributed by atoms with Crippen molar-refractivity contribution in [3.05, 3.63) is 35.4 Å². The summed E-state index contributed by atoms with van der Waals surface area (Å²) in [5, 5.41) is 0. The van der Waals surface area contributed by atoms with Gasteiger partial charge in [0.05, 0.1) is 6.04 Å². The minimum absolute atomic E-state index is 0.120. The minimum Gasteiger partial charge on any atom is -0.329 e. The zero-order valence-electron chi connectivity index (χ0n) is 12.3. The molecule has 0 aliphatic carbocycles. The monoisotopic (exact) mass is 282 g/mol. The van der Waals surface area contributed by atoms with Crippen molar-refractivity contribution in [1.29, 1.82) is 0 Å². The number of benzene rings is 1. The Bertz CT molecular complexity index is 440. The summed E-state index contributed by atoms with van der Waals surface area (Å²) in [5.74, 6) is -0.993. The van der Waals surface area contributed by atoms with Crippen LogP contribution in [0.4, 0.5) is 8.78 Å². The third-order valence-electron chi connectivity index (χ3n) is 4.37. The summed E-state index contributed by atoms with van der Waals surface area (Å²) < 4.78 is 27.9. The number of hydrogen-bond acceptors (Lipinski definition) is 2. The summed E-state index contributed by atoms with van der Waals surface area (Å²) in [6, 6.07) is 3.64. The third kappa shape index (κ3) is 3.36. The largest absolute Gasteiger partial charge is 0.329 e. The molecule has 0 amide bonds. The Labute approximate surface area is 120 Å². The van der Waals surface area contributed by atoms with Crippen LogP contribution in [0.5, 0.6) is 0 Å². The second kappa shape index (κ2) is 6.19. The molecule has 2 rings (SSSR count). The van der Waals surface area contributed by atoms with Crippen LogP contribution in [-0.2, 0) is 0 Å². The van der Waals surface area contributed by atoms with Crippen LogP contribution >= 0.6 is 0 Å². The van der Waals surface area contributed by atoms with Gasteiger partial charge in [0.15, 0.2) is 0 Å². The average Bonchev–Trinajstić information content (AvgIpc) is 2.55. The molecule has 1 heterocycles. The quantitative estimate of drug-likeness (QED) is 0.919. The standard InChI is InChI=1S/C16H24F2N2/c1-16(2)7-4-9-20(10-8-16)14(11-19)15-12(17)5-3-6-13(15)18/h3,5-6,14H,4,7-11,19H2,1-2H3. The van der Waals surface area contributed by atoms with Crippen LogP contribution in [0.15, 0.2) is 18.2 Å². The molecular weight excluding hydrogens is 258 g/mol. The van der Waals surface area contributed by atoms with Gasteiger partial charge >= 0.3 is 0 Å². The first-order valence-electron chi connectivity index (χ1n) is 7.32. The van der Waals surface area contributed by atoms with E-state index in [0.29, 0.717) is 5.41 Å². The fourth-order valence-corrected chi connectivity index (χ4v) is 3.03. The Morgan fingerprint density at radius 1 is 1.20 bits per heavy atom. The Balaban J connectivity index is 2.24. The van der Waals surface area contributed by atoms with Crippen molar-refractivity contribution in [3.8, 4) is 0 Å². The van der Waals surface area contributed by atoms with Gasteiger partial charge in [-0.25, -0.2) is 8.78 Å². The molecule has 0 saturated carbocycles. The molecule has 1 aliphatic heterocycles. The first-order valence-corrected chi connectivity index (χ1v) is 7.32. The Morgan fingerprint density at radius 2 is 1.85 bits per heavy atom. The molecular formula is C16H24F2N2. The van der Waals surface area contributed by atoms with Crippen LogP contribution in [0, 0.1) is 17.0 Å². The smallest absolute Gasteiger partial charge is 0.130 e. The fourth-order valence-electron chi connectivity index (χ4n) is 3.03. The number of nitrogens with two attached hydrogens (primary N) is 1. The van der Waals surface area contributed by atoms with Gasteiger partial charge < -0.3 is 5.73 Å². The topological polar surface area (TPSA) is 29.3 Å². The van der Waals surface area contributed by atoms with Gasteiger partial charge in [0, 0.05) is 12.1 Å². The lowest BCUT2D eigenvalue weighted by Gasteiger charge is -2.31. The molecule has 1 aromatic rings. The molecule has 0 bridgehead atoms. The number of likely N-dealkylation sites (tertiary alicyclic amines) is 1. The second-order valence-electron chi connectivity index (χ2n) is 6.44. The zero-order chi connectivity index (χ0) is 14.8. The van der Waals surface area contributed by atoms with Gasteiger partial charge in [-0.2, -0.15) is 0 Å². The first-order chi connectivity index (χ1) is 9.44. The maximum Gasteiger partial charge on any atom is 0.130 e. The molecule has 0 radical (unpaired) electrons. The van der Waals surface area contributed by atoms with E-state index in [9.17, 15) is 8.78 Å². The highest BCUT2D eigenvalue weighted by Gasteiger charge is 2.29. The van der Waals surface area contributed by atoms with Crippen LogP contribution in [0.1, 0.15) is 44.7 Å². The number of nitrogens with zero attached hydrogens (tertiary/aromatic N) is 1. The number of rotatable bonds is 3. The van der Waals surface area contributed by atoms with E-state index >= 15 is 0 Å². The average molecular weight is 282 g/mol. The van der Waals surface area contributed by atoms with Crippen molar-refractivity contribution in [2.45, 2.75) is 39.2 Å². The van der Waals surface area contributed by atoms with E-state index in [2.05, 4.69) is 18.7 Å². The molecule has 2 nitrogen and oxygen atoms in total. The molecule has 0 spiro atoms. The van der Waals surface area contributed by atoms with E-state index in [4.69, 9.17) is 5.73 Å². The van der Waals surface area contributed by atoms with Gasteiger partial charge in [-0.15, -0.1) is 0 Å². The molecule has 1 aromatic carbocycles. The molecule has 1 unspecified atom stereocenters. The summed E-state index contributed by atoms with van der Waals surface area (Å²) in [6.07, 6.45) is 3.21. The maximum absolute atomic E-state index is 14.0. The summed E-state index contributed by atoms with van der Waals surface area (Å²) in [6.45, 7) is 6.41. The van der Waals surface area contributed by atoms with Crippen LogP contribution in [0.3, 0.4) is 0 Å². The van der Waals surface area contributed by atoms with Crippen molar-refractivity contribution in [2.24, 2.45) is 11.1 Å². The van der Waals surface area contributed by atoms with Crippen LogP contribution < -0.4 is 5.73 Å². The highest BCUT2D eigenvalue weighted by atomic mass is 19.1. The lowest BCUT2D eigenvalue weighted by Crippen LogP contribution is -2.36. The Hall–Kier alpha value is -1.00. The minimum atomic E-state index is -0.496. The predicted octanol–water partition coefficient (Wildman–Crippen LogP) is 3.48. The predicted molar refractivity (Wildman–Crippen MR) is 77.4 cm³/mol. The summed E-state index contributed by atoms with van der Waals surface area (Å²) in [5.41, 5.74) is 6.23. The van der Waals surface area contributed by atoms with Gasteiger partial charge in [-0.3, -0.25) is 4.90 Å². The van der Waals surface area contributed by atoms with Crippen molar-refractivity contribution < 1.29 is 8.78 Å². The molecule has 1 fully saturated rings. The van der Waals surface area contributed by atoms with Gasteiger partial charge in [-0.05, 0) is 49.9 Å². The zero-order valence-corrected chi connectivity index (χ0v) is 12.3. The van der Waals surface area contributed by atoms with E-state index in [1.165, 1.54) is 18.2 Å².